The van der Waals surface area contributed by atoms with Crippen molar-refractivity contribution >= 4 is 5.97 Å². The maximum absolute atomic E-state index is 10.9. The molecule has 37 heavy (non-hydrogen) atoms. The molecule has 0 aliphatic heterocycles. The van der Waals surface area contributed by atoms with Gasteiger partial charge < -0.3 is 28.4 Å². The van der Waals surface area contributed by atoms with Crippen LogP contribution in [-0.2, 0) is 38.8 Å². The highest BCUT2D eigenvalue weighted by atomic mass is 16.6. The fourth-order valence-corrected chi connectivity index (χ4v) is 3.90. The van der Waals surface area contributed by atoms with E-state index in [4.69, 9.17) is 23.7 Å². The second kappa shape index (κ2) is 16.6. The van der Waals surface area contributed by atoms with Crippen molar-refractivity contribution in [2.45, 2.75) is 5.60 Å². The maximum Gasteiger partial charge on any atom is 0.331 e. The second-order valence-corrected chi connectivity index (χ2v) is 8.09. The highest BCUT2D eigenvalue weighted by molar-refractivity contribution is 5.70. The summed E-state index contributed by atoms with van der Waals surface area (Å²) in [5.41, 5.74) is 2.44. The summed E-state index contributed by atoms with van der Waals surface area (Å²) in [7, 11) is 1.32. The minimum atomic E-state index is -0.748. The molecule has 0 amide bonds. The van der Waals surface area contributed by atoms with E-state index in [2.05, 4.69) is 41.1 Å². The molecule has 7 heteroatoms. The summed E-state index contributed by atoms with van der Waals surface area (Å²) in [6.45, 7) is 3.31. The number of hydrogen-bond donors (Lipinski definition) is 0. The van der Waals surface area contributed by atoms with Crippen molar-refractivity contribution in [2.75, 3.05) is 66.6 Å². The molecule has 7 nitrogen and oxygen atoms in total. The topological polar surface area (TPSA) is 72.5 Å². The van der Waals surface area contributed by atoms with Crippen LogP contribution in [-0.4, -0.2) is 72.5 Å². The average molecular weight is 509 g/mol. The van der Waals surface area contributed by atoms with Crippen LogP contribution in [0.1, 0.15) is 16.7 Å². The van der Waals surface area contributed by atoms with Crippen molar-refractivity contribution in [3.05, 3.63) is 108 Å². The SMILES string of the molecule is COC(=O)COCCOCCOCCOCCOC(c1ccccc1)(c1ccccc1)c1ccccc1. The number of carbonyl (C=O) groups excluding carboxylic acids is 1. The number of benzene rings is 3. The van der Waals surface area contributed by atoms with Crippen LogP contribution in [0.25, 0.3) is 0 Å². The molecule has 0 aromatic heterocycles. The fraction of sp³-hybridized carbons (Fsp3) is 0.367. The van der Waals surface area contributed by atoms with Crippen molar-refractivity contribution in [1.82, 2.24) is 0 Å². The Labute approximate surface area is 219 Å². The van der Waals surface area contributed by atoms with Crippen molar-refractivity contribution in [2.24, 2.45) is 0 Å². The van der Waals surface area contributed by atoms with Gasteiger partial charge in [0.15, 0.2) is 0 Å². The first kappa shape index (κ1) is 28.5. The molecule has 0 saturated heterocycles. The molecule has 0 aliphatic rings. The molecule has 0 N–H and O–H groups in total. The molecule has 0 atom stereocenters. The molecule has 0 unspecified atom stereocenters. The zero-order valence-corrected chi connectivity index (χ0v) is 21.4. The van der Waals surface area contributed by atoms with Crippen molar-refractivity contribution in [3.8, 4) is 0 Å². The monoisotopic (exact) mass is 508 g/mol. The Hall–Kier alpha value is -3.07. The molecular weight excluding hydrogens is 472 g/mol. The van der Waals surface area contributed by atoms with Crippen LogP contribution in [0, 0.1) is 0 Å². The van der Waals surface area contributed by atoms with Crippen LogP contribution in [0.2, 0.25) is 0 Å². The van der Waals surface area contributed by atoms with E-state index in [9.17, 15) is 4.79 Å². The Bertz CT molecular complexity index is 900. The van der Waals surface area contributed by atoms with Crippen LogP contribution in [0.4, 0.5) is 0 Å². The zero-order chi connectivity index (χ0) is 26.0. The van der Waals surface area contributed by atoms with E-state index in [-0.39, 0.29) is 6.61 Å². The maximum atomic E-state index is 10.9. The standard InChI is InChI=1S/C30H36O7/c1-32-29(31)25-36-22-21-34-18-17-33-19-20-35-23-24-37-30(26-11-5-2-6-12-26,27-13-7-3-8-14-27)28-15-9-4-10-16-28/h2-16H,17-25H2,1H3. The van der Waals surface area contributed by atoms with Gasteiger partial charge in [0.1, 0.15) is 12.2 Å². The molecule has 3 rings (SSSR count). The predicted molar refractivity (Wildman–Crippen MR) is 140 cm³/mol. The van der Waals surface area contributed by atoms with Gasteiger partial charge >= 0.3 is 5.97 Å². The third-order valence-corrected chi connectivity index (χ3v) is 5.65. The quantitative estimate of drug-likeness (QED) is 0.145. The van der Waals surface area contributed by atoms with E-state index in [1.165, 1.54) is 7.11 Å². The Balaban J connectivity index is 1.43. The Kier molecular flexibility index (Phi) is 12.8. The first-order chi connectivity index (χ1) is 18.3. The summed E-state index contributed by atoms with van der Waals surface area (Å²) in [6, 6.07) is 30.8. The normalized spacial score (nSPS) is 11.4. The Morgan fingerprint density at radius 2 is 0.892 bits per heavy atom. The number of carbonyl (C=O) groups is 1. The predicted octanol–water partition coefficient (Wildman–Crippen LogP) is 4.23. The van der Waals surface area contributed by atoms with Gasteiger partial charge in [0.05, 0.1) is 60.0 Å². The highest BCUT2D eigenvalue weighted by Crippen LogP contribution is 2.40. The van der Waals surface area contributed by atoms with Crippen molar-refractivity contribution in [3.63, 3.8) is 0 Å². The van der Waals surface area contributed by atoms with Crippen LogP contribution in [0.15, 0.2) is 91.0 Å². The largest absolute Gasteiger partial charge is 0.467 e. The van der Waals surface area contributed by atoms with E-state index in [1.54, 1.807) is 0 Å². The van der Waals surface area contributed by atoms with Crippen LogP contribution in [0.5, 0.6) is 0 Å². The lowest BCUT2D eigenvalue weighted by molar-refractivity contribution is -0.146. The van der Waals surface area contributed by atoms with Gasteiger partial charge in [0.25, 0.3) is 0 Å². The minimum Gasteiger partial charge on any atom is -0.467 e. The molecule has 0 bridgehead atoms. The van der Waals surface area contributed by atoms with Gasteiger partial charge in [0, 0.05) is 0 Å². The van der Waals surface area contributed by atoms with Gasteiger partial charge in [-0.05, 0) is 16.7 Å². The second-order valence-electron chi connectivity index (χ2n) is 8.09. The molecule has 0 fully saturated rings. The first-order valence-electron chi connectivity index (χ1n) is 12.5. The van der Waals surface area contributed by atoms with E-state index in [1.807, 2.05) is 54.6 Å². The lowest BCUT2D eigenvalue weighted by Gasteiger charge is -2.36. The molecule has 3 aromatic rings. The Morgan fingerprint density at radius 1 is 0.541 bits per heavy atom. The summed E-state index contributed by atoms with van der Waals surface area (Å²) >= 11 is 0. The number of ether oxygens (including phenoxy) is 6. The molecule has 0 radical (unpaired) electrons. The molecule has 0 aliphatic carbocycles. The first-order valence-corrected chi connectivity index (χ1v) is 12.5. The van der Waals surface area contributed by atoms with E-state index < -0.39 is 11.6 Å². The summed E-state index contributed by atoms with van der Waals surface area (Å²) in [5.74, 6) is -0.403. The summed E-state index contributed by atoms with van der Waals surface area (Å²) in [4.78, 5) is 10.9. The third kappa shape index (κ3) is 9.07. The lowest BCUT2D eigenvalue weighted by atomic mass is 9.80. The van der Waals surface area contributed by atoms with E-state index in [0.717, 1.165) is 16.7 Å². The zero-order valence-electron chi connectivity index (χ0n) is 21.4. The van der Waals surface area contributed by atoms with Gasteiger partial charge in [-0.3, -0.25) is 0 Å². The number of hydrogen-bond acceptors (Lipinski definition) is 7. The summed E-state index contributed by atoms with van der Waals surface area (Å²) in [6.07, 6.45) is 0. The van der Waals surface area contributed by atoms with Gasteiger partial charge in [-0.15, -0.1) is 0 Å². The van der Waals surface area contributed by atoms with Crippen LogP contribution >= 0.6 is 0 Å². The fourth-order valence-electron chi connectivity index (χ4n) is 3.90. The number of rotatable bonds is 18. The lowest BCUT2D eigenvalue weighted by Crippen LogP contribution is -2.34. The van der Waals surface area contributed by atoms with Crippen LogP contribution in [0.3, 0.4) is 0 Å². The van der Waals surface area contributed by atoms with Crippen molar-refractivity contribution < 1.29 is 33.2 Å². The third-order valence-electron chi connectivity index (χ3n) is 5.65. The van der Waals surface area contributed by atoms with Gasteiger partial charge in [-0.2, -0.15) is 0 Å². The molecule has 198 valence electrons. The molecule has 0 heterocycles. The van der Waals surface area contributed by atoms with Crippen LogP contribution < -0.4 is 0 Å². The average Bonchev–Trinajstić information content (AvgIpc) is 2.96. The molecular formula is C30H36O7. The molecule has 0 spiro atoms. The van der Waals surface area contributed by atoms with Gasteiger partial charge in [0.2, 0.25) is 0 Å². The molecule has 3 aromatic carbocycles. The van der Waals surface area contributed by atoms with E-state index in [0.29, 0.717) is 52.9 Å². The summed E-state index contributed by atoms with van der Waals surface area (Å²) < 4.78 is 33.0. The van der Waals surface area contributed by atoms with Crippen molar-refractivity contribution in [1.29, 1.82) is 0 Å². The number of esters is 1. The molecule has 0 saturated carbocycles. The van der Waals surface area contributed by atoms with Gasteiger partial charge in [-0.25, -0.2) is 4.79 Å². The van der Waals surface area contributed by atoms with E-state index >= 15 is 0 Å². The van der Waals surface area contributed by atoms with Gasteiger partial charge in [-0.1, -0.05) is 91.0 Å². The highest BCUT2D eigenvalue weighted by Gasteiger charge is 2.37. The minimum absolute atomic E-state index is 0.0689. The smallest absolute Gasteiger partial charge is 0.331 e. The summed E-state index contributed by atoms with van der Waals surface area (Å²) in [5, 5.41) is 0. The number of methoxy groups -OCH3 is 1. The Morgan fingerprint density at radius 3 is 1.27 bits per heavy atom.